The molecule has 8 heteroatoms. The summed E-state index contributed by atoms with van der Waals surface area (Å²) < 4.78 is 19.5. The van der Waals surface area contributed by atoms with E-state index in [0.717, 1.165) is 44.8 Å². The lowest BCUT2D eigenvalue weighted by molar-refractivity contribution is -0.245. The van der Waals surface area contributed by atoms with Crippen molar-refractivity contribution in [1.29, 1.82) is 0 Å². The maximum Gasteiger partial charge on any atom is 0.170 e. The minimum atomic E-state index is -1.31. The molecule has 1 unspecified atom stereocenters. The first-order valence-corrected chi connectivity index (χ1v) is 18.3. The molecule has 3 radical (unpaired) electrons. The van der Waals surface area contributed by atoms with E-state index in [0.29, 0.717) is 38.1 Å². The highest BCUT2D eigenvalue weighted by molar-refractivity contribution is 5.45. The fraction of sp³-hybridized carbons (Fsp3) is 0.921. The number of morpholine rings is 1. The molecule has 5 aliphatic carbocycles. The fourth-order valence-corrected chi connectivity index (χ4v) is 12.9. The Labute approximate surface area is 277 Å². The van der Waals surface area contributed by atoms with E-state index in [9.17, 15) is 20.4 Å². The standard InChI is InChI=1S/C38H62NO7/c1-22-18-23(30(40)34(6,7)43)45-29-28(22)35(8)14-15-38-20-37(38)13-12-26(46-27-19-39(16-17-44-27)21-32(2,3)42)33(4,5)24(37)10-11-25(38)36(35,9)31(29)41/h22,24,26-28,30-31,40-43H,10-21H2,1-9H3/t22-,24+,26?,27+,28+,30+,31+,35-,36-,37-,38+/m1/s1. The zero-order valence-corrected chi connectivity index (χ0v) is 30.0. The molecule has 0 aromatic carbocycles. The molecule has 0 bridgehead atoms. The van der Waals surface area contributed by atoms with Crippen molar-refractivity contribution in [2.24, 2.45) is 44.8 Å². The normalized spacial score (nSPS) is 49.0. The maximum atomic E-state index is 12.4. The van der Waals surface area contributed by atoms with Gasteiger partial charge in [-0.15, -0.1) is 0 Å². The Hall–Kier alpha value is -0.320. The SMILES string of the molecule is C[C@@H]1C[C]([C@H](O)C(C)(C)O)O[C]2[C@H]1[C@@]1(C)CC[C@@]34C[C@@]35CCC(O[C@H]3CN(CC(C)(C)O)CCO3)C(C)(C)[C@@H]5CC[C]4[C@]1(C)[C@H]2O. The molecule has 261 valence electrons. The van der Waals surface area contributed by atoms with Crippen LogP contribution in [0.1, 0.15) is 114 Å². The maximum absolute atomic E-state index is 12.4. The summed E-state index contributed by atoms with van der Waals surface area (Å²) in [5.41, 5.74) is -2.14. The second-order valence-electron chi connectivity index (χ2n) is 19.0. The van der Waals surface area contributed by atoms with Gasteiger partial charge in [-0.3, -0.25) is 4.90 Å². The van der Waals surface area contributed by atoms with Gasteiger partial charge in [0.05, 0.1) is 30.0 Å². The second kappa shape index (κ2) is 10.6. The summed E-state index contributed by atoms with van der Waals surface area (Å²) in [5.74, 6) is 2.48. The van der Waals surface area contributed by atoms with Crippen LogP contribution in [0.2, 0.25) is 0 Å². The lowest BCUT2D eigenvalue weighted by Gasteiger charge is -2.63. The molecule has 0 aromatic heterocycles. The van der Waals surface area contributed by atoms with Crippen LogP contribution in [0.5, 0.6) is 0 Å². The quantitative estimate of drug-likeness (QED) is 0.319. The molecule has 7 rings (SSSR count). The molecule has 2 spiro atoms. The van der Waals surface area contributed by atoms with Gasteiger partial charge in [-0.1, -0.05) is 34.6 Å². The van der Waals surface area contributed by atoms with Crippen LogP contribution >= 0.6 is 0 Å². The van der Waals surface area contributed by atoms with E-state index in [1.165, 1.54) is 12.8 Å². The monoisotopic (exact) mass is 644 g/mol. The lowest BCUT2D eigenvalue weighted by atomic mass is 9.41. The van der Waals surface area contributed by atoms with Crippen LogP contribution < -0.4 is 0 Å². The van der Waals surface area contributed by atoms with Gasteiger partial charge in [0, 0.05) is 31.0 Å². The Morgan fingerprint density at radius 2 is 1.76 bits per heavy atom. The topological polar surface area (TPSA) is 112 Å². The first-order chi connectivity index (χ1) is 21.2. The van der Waals surface area contributed by atoms with Crippen molar-refractivity contribution in [2.45, 2.75) is 149 Å². The smallest absolute Gasteiger partial charge is 0.170 e. The molecule has 7 aliphatic rings. The van der Waals surface area contributed by atoms with Gasteiger partial charge in [0.2, 0.25) is 0 Å². The van der Waals surface area contributed by atoms with Gasteiger partial charge in [-0.2, -0.15) is 0 Å². The van der Waals surface area contributed by atoms with Gasteiger partial charge in [0.1, 0.15) is 18.3 Å². The van der Waals surface area contributed by atoms with Gasteiger partial charge in [-0.25, -0.2) is 0 Å². The Morgan fingerprint density at radius 1 is 1.04 bits per heavy atom. The van der Waals surface area contributed by atoms with Crippen molar-refractivity contribution in [3.8, 4) is 0 Å². The number of rotatable bonds is 6. The molecule has 8 nitrogen and oxygen atoms in total. The summed E-state index contributed by atoms with van der Waals surface area (Å²) in [6, 6.07) is 0. The van der Waals surface area contributed by atoms with Crippen LogP contribution in [0.25, 0.3) is 0 Å². The molecule has 11 atom stereocenters. The van der Waals surface area contributed by atoms with Crippen molar-refractivity contribution >= 4 is 0 Å². The highest BCUT2D eigenvalue weighted by Crippen LogP contribution is 2.90. The zero-order chi connectivity index (χ0) is 33.5. The van der Waals surface area contributed by atoms with Crippen molar-refractivity contribution in [1.82, 2.24) is 4.90 Å². The molecule has 7 fully saturated rings. The number of fused-ring (bicyclic) bond motifs is 4. The Balaban J connectivity index is 1.11. The molecule has 46 heavy (non-hydrogen) atoms. The van der Waals surface area contributed by atoms with E-state index >= 15 is 0 Å². The highest BCUT2D eigenvalue weighted by atomic mass is 16.7. The van der Waals surface area contributed by atoms with Gasteiger partial charge >= 0.3 is 0 Å². The average molecular weight is 645 g/mol. The van der Waals surface area contributed by atoms with Gasteiger partial charge in [0.15, 0.2) is 6.29 Å². The van der Waals surface area contributed by atoms with Crippen LogP contribution in [-0.2, 0) is 14.2 Å². The fourth-order valence-electron chi connectivity index (χ4n) is 12.9. The number of β-amino-alcohol motifs (C(OH)–C–C–N with tert-alkyl or cyclic N) is 1. The van der Waals surface area contributed by atoms with E-state index in [4.69, 9.17) is 14.2 Å². The summed E-state index contributed by atoms with van der Waals surface area (Å²) >= 11 is 0. The van der Waals surface area contributed by atoms with Crippen LogP contribution in [0.4, 0.5) is 0 Å². The molecule has 2 aliphatic heterocycles. The summed E-state index contributed by atoms with van der Waals surface area (Å²) in [6.45, 7) is 21.5. The van der Waals surface area contributed by atoms with E-state index in [1.54, 1.807) is 19.8 Å². The van der Waals surface area contributed by atoms with E-state index in [1.807, 2.05) is 13.8 Å². The van der Waals surface area contributed by atoms with Crippen LogP contribution in [0.15, 0.2) is 0 Å². The number of aliphatic hydroxyl groups excluding tert-OH is 2. The number of hydrogen-bond acceptors (Lipinski definition) is 8. The molecule has 5 saturated carbocycles. The predicted octanol–water partition coefficient (Wildman–Crippen LogP) is 5.03. The number of hydrogen-bond donors (Lipinski definition) is 4. The number of aliphatic hydroxyl groups is 4. The van der Waals surface area contributed by atoms with Crippen LogP contribution in [-0.4, -0.2) is 87.4 Å². The summed E-state index contributed by atoms with van der Waals surface area (Å²) in [7, 11) is 0. The Bertz CT molecular complexity index is 1180. The third-order valence-corrected chi connectivity index (χ3v) is 15.0. The predicted molar refractivity (Wildman–Crippen MR) is 174 cm³/mol. The van der Waals surface area contributed by atoms with Crippen molar-refractivity contribution in [3.63, 3.8) is 0 Å². The molecular weight excluding hydrogens is 582 g/mol. The molecule has 4 N–H and O–H groups in total. The lowest BCUT2D eigenvalue weighted by Crippen LogP contribution is -2.59. The van der Waals surface area contributed by atoms with Crippen LogP contribution in [0.3, 0.4) is 0 Å². The third-order valence-electron chi connectivity index (χ3n) is 15.0. The number of ether oxygens (including phenoxy) is 3. The minimum absolute atomic E-state index is 0.00255. The third kappa shape index (κ3) is 4.66. The van der Waals surface area contributed by atoms with E-state index in [2.05, 4.69) is 39.5 Å². The molecule has 2 saturated heterocycles. The molecule has 2 heterocycles. The second-order valence-corrected chi connectivity index (χ2v) is 19.0. The van der Waals surface area contributed by atoms with Crippen molar-refractivity contribution < 1.29 is 34.6 Å². The van der Waals surface area contributed by atoms with Crippen molar-refractivity contribution in [2.75, 3.05) is 26.2 Å². The first-order valence-electron chi connectivity index (χ1n) is 18.3. The largest absolute Gasteiger partial charge is 0.389 e. The average Bonchev–Trinajstić information content (AvgIpc) is 3.57. The zero-order valence-electron chi connectivity index (χ0n) is 30.0. The highest BCUT2D eigenvalue weighted by Gasteiger charge is 2.85. The van der Waals surface area contributed by atoms with Gasteiger partial charge in [-0.05, 0) is 118 Å². The summed E-state index contributed by atoms with van der Waals surface area (Å²) in [4.78, 5) is 2.27. The molecule has 0 aromatic rings. The molecular formula is C38H62NO7. The summed E-state index contributed by atoms with van der Waals surface area (Å²) in [6.07, 6.45) is 7.64. The molecule has 0 amide bonds. The van der Waals surface area contributed by atoms with Crippen LogP contribution in [0, 0.1) is 63.0 Å². The number of nitrogens with zero attached hydrogens (tertiary/aromatic N) is 1. The van der Waals surface area contributed by atoms with E-state index in [-0.39, 0.29) is 51.3 Å². The summed E-state index contributed by atoms with van der Waals surface area (Å²) in [5, 5.41) is 44.3. The Kier molecular flexibility index (Phi) is 7.87. The van der Waals surface area contributed by atoms with Crippen molar-refractivity contribution in [3.05, 3.63) is 18.1 Å². The van der Waals surface area contributed by atoms with Gasteiger partial charge in [0.25, 0.3) is 0 Å². The Morgan fingerprint density at radius 3 is 2.43 bits per heavy atom. The van der Waals surface area contributed by atoms with E-state index < -0.39 is 23.4 Å². The minimum Gasteiger partial charge on any atom is -0.389 e. The first kappa shape index (κ1) is 34.1. The van der Waals surface area contributed by atoms with Gasteiger partial charge < -0.3 is 34.6 Å².